The topological polar surface area (TPSA) is 95.9 Å². The largest absolute Gasteiger partial charge is 0.462 e. The van der Waals surface area contributed by atoms with Crippen molar-refractivity contribution in [2.24, 2.45) is 0 Å². The molecule has 0 aliphatic heterocycles. The summed E-state index contributed by atoms with van der Waals surface area (Å²) in [4.78, 5) is 26.2. The van der Waals surface area contributed by atoms with Crippen molar-refractivity contribution in [3.63, 3.8) is 0 Å². The molecule has 6 heteroatoms. The Bertz CT molecular complexity index is 1200. The van der Waals surface area contributed by atoms with E-state index < -0.39 is 18.2 Å². The zero-order chi connectivity index (χ0) is 47.4. The summed E-state index contributed by atoms with van der Waals surface area (Å²) in [5.74, 6) is -0.524. The molecule has 0 aromatic heterocycles. The minimum atomic E-state index is -0.800. The number of unbranched alkanes of at least 4 members (excludes halogenated alkanes) is 25. The maximum Gasteiger partial charge on any atom is 0.306 e. The van der Waals surface area contributed by atoms with Crippen LogP contribution in [0.4, 0.5) is 0 Å². The molecule has 0 aromatic carbocycles. The number of rotatable bonds is 49. The van der Waals surface area contributed by atoms with Crippen molar-refractivity contribution in [1.29, 1.82) is 0 Å². The molecule has 3 N–H and O–H groups in total. The van der Waals surface area contributed by atoms with Gasteiger partial charge < -0.3 is 20.3 Å². The average molecular weight is 908 g/mol. The molecule has 6 nitrogen and oxygen atoms in total. The summed E-state index contributed by atoms with van der Waals surface area (Å²) in [6.45, 7) is 6.36. The summed E-state index contributed by atoms with van der Waals surface area (Å²) in [5, 5.41) is 23.8. The van der Waals surface area contributed by atoms with E-state index in [4.69, 9.17) is 4.74 Å². The van der Waals surface area contributed by atoms with Crippen LogP contribution in [0.2, 0.25) is 0 Å². The monoisotopic (exact) mass is 908 g/mol. The van der Waals surface area contributed by atoms with Gasteiger partial charge in [0.25, 0.3) is 0 Å². The molecule has 3 unspecified atom stereocenters. The number of nitrogens with one attached hydrogen (secondary N) is 1. The van der Waals surface area contributed by atoms with Crippen molar-refractivity contribution >= 4 is 11.9 Å². The van der Waals surface area contributed by atoms with Gasteiger partial charge in [0.15, 0.2) is 0 Å². The maximum absolute atomic E-state index is 13.2. The fraction of sp³-hybridized carbons (Fsp3) is 0.763. The molecule has 0 aliphatic carbocycles. The molecule has 0 aromatic rings. The maximum atomic E-state index is 13.2. The summed E-state index contributed by atoms with van der Waals surface area (Å²) in [6, 6.07) is -0.716. The number of hydrogen-bond acceptors (Lipinski definition) is 5. The SMILES string of the molecule is CC/C=C\C/C=C\C/C=C\C/C=C\C/C=C\CCCCCC(=O)OC(CCCCC/C=C/CCCCCCCCC)CC(=O)NC(CO)C(O)CCCCCCCCCCCCCCC. The number of carbonyl (C=O) groups is 2. The summed E-state index contributed by atoms with van der Waals surface area (Å²) in [6.07, 6.45) is 66.7. The lowest BCUT2D eigenvalue weighted by Crippen LogP contribution is -2.46. The molecule has 3 atom stereocenters. The molecule has 376 valence electrons. The highest BCUT2D eigenvalue weighted by molar-refractivity contribution is 5.77. The Morgan fingerprint density at radius 1 is 0.462 bits per heavy atom. The molecule has 0 heterocycles. The second-order valence-electron chi connectivity index (χ2n) is 18.6. The normalized spacial score (nSPS) is 13.7. The zero-order valence-corrected chi connectivity index (χ0v) is 42.9. The molecule has 0 saturated carbocycles. The van der Waals surface area contributed by atoms with Crippen LogP contribution >= 0.6 is 0 Å². The number of allylic oxidation sites excluding steroid dienone is 12. The number of aliphatic hydroxyl groups is 2. The Morgan fingerprint density at radius 2 is 0.831 bits per heavy atom. The van der Waals surface area contributed by atoms with Gasteiger partial charge in [0.2, 0.25) is 5.91 Å². The lowest BCUT2D eigenvalue weighted by molar-refractivity contribution is -0.151. The van der Waals surface area contributed by atoms with E-state index in [1.165, 1.54) is 109 Å². The predicted octanol–water partition coefficient (Wildman–Crippen LogP) is 17.0. The van der Waals surface area contributed by atoms with Crippen molar-refractivity contribution in [3.05, 3.63) is 72.9 Å². The van der Waals surface area contributed by atoms with E-state index in [9.17, 15) is 19.8 Å². The van der Waals surface area contributed by atoms with E-state index in [1.807, 2.05) is 0 Å². The van der Waals surface area contributed by atoms with Crippen LogP contribution in [0, 0.1) is 0 Å². The van der Waals surface area contributed by atoms with Crippen LogP contribution in [0.3, 0.4) is 0 Å². The lowest BCUT2D eigenvalue weighted by atomic mass is 10.0. The first kappa shape index (κ1) is 62.3. The highest BCUT2D eigenvalue weighted by Crippen LogP contribution is 2.17. The third-order valence-electron chi connectivity index (χ3n) is 12.3. The molecule has 0 fully saturated rings. The molecular formula is C59H105NO5. The molecule has 0 radical (unpaired) electrons. The van der Waals surface area contributed by atoms with Crippen molar-refractivity contribution < 1.29 is 24.5 Å². The van der Waals surface area contributed by atoms with Gasteiger partial charge in [-0.3, -0.25) is 9.59 Å². The Morgan fingerprint density at radius 3 is 1.29 bits per heavy atom. The Labute approximate surface area is 402 Å². The minimum Gasteiger partial charge on any atom is -0.462 e. The highest BCUT2D eigenvalue weighted by Gasteiger charge is 2.24. The van der Waals surface area contributed by atoms with Gasteiger partial charge in [0.1, 0.15) is 6.10 Å². The Hall–Kier alpha value is -2.70. The van der Waals surface area contributed by atoms with E-state index in [-0.39, 0.29) is 24.9 Å². The van der Waals surface area contributed by atoms with Crippen LogP contribution in [-0.4, -0.2) is 46.9 Å². The number of hydrogen-bond donors (Lipinski definition) is 3. The van der Waals surface area contributed by atoms with E-state index in [1.54, 1.807) is 0 Å². The molecule has 0 rings (SSSR count). The number of aliphatic hydroxyl groups excluding tert-OH is 2. The van der Waals surface area contributed by atoms with Crippen LogP contribution in [0.25, 0.3) is 0 Å². The van der Waals surface area contributed by atoms with Crippen LogP contribution in [0.15, 0.2) is 72.9 Å². The van der Waals surface area contributed by atoms with E-state index >= 15 is 0 Å². The molecule has 0 spiro atoms. The molecule has 0 saturated heterocycles. The zero-order valence-electron chi connectivity index (χ0n) is 42.9. The van der Waals surface area contributed by atoms with Gasteiger partial charge in [-0.15, -0.1) is 0 Å². The highest BCUT2D eigenvalue weighted by atomic mass is 16.5. The second-order valence-corrected chi connectivity index (χ2v) is 18.6. The van der Waals surface area contributed by atoms with Gasteiger partial charge >= 0.3 is 5.97 Å². The smallest absolute Gasteiger partial charge is 0.306 e. The molecule has 65 heavy (non-hydrogen) atoms. The Kier molecular flexibility index (Phi) is 50.1. The van der Waals surface area contributed by atoms with Crippen LogP contribution in [0.1, 0.15) is 265 Å². The first-order chi connectivity index (χ1) is 32.0. The second kappa shape index (κ2) is 52.3. The Balaban J connectivity index is 4.64. The molecule has 1 amide bonds. The standard InChI is InChI=1S/C59H105NO5/c1-4-7-10-13-16-19-22-25-27-28-29-30-31-34-37-40-43-46-49-52-59(64)65-55(50-47-44-41-38-35-33-26-23-20-17-14-11-8-5-2)53-58(63)60-56(54-61)57(62)51-48-45-42-39-36-32-24-21-18-15-12-9-6-3/h7,10,16,19,25,27,29-30,33-35,37,55-57,61-62H,4-6,8-9,11-15,17-18,20-24,26,28,31-32,36,38-54H2,1-3H3,(H,60,63)/b10-7-,19-16-,27-25-,30-29-,35-33+,37-34-. The summed E-state index contributed by atoms with van der Waals surface area (Å²) >= 11 is 0. The van der Waals surface area contributed by atoms with Gasteiger partial charge in [0.05, 0.1) is 25.2 Å². The molecule has 0 aliphatic rings. The van der Waals surface area contributed by atoms with Crippen molar-refractivity contribution in [1.82, 2.24) is 5.32 Å². The fourth-order valence-corrected chi connectivity index (χ4v) is 8.10. The van der Waals surface area contributed by atoms with Gasteiger partial charge in [-0.25, -0.2) is 0 Å². The van der Waals surface area contributed by atoms with E-state index in [2.05, 4.69) is 99.0 Å². The third-order valence-corrected chi connectivity index (χ3v) is 12.3. The lowest BCUT2D eigenvalue weighted by Gasteiger charge is -2.24. The van der Waals surface area contributed by atoms with Crippen LogP contribution in [-0.2, 0) is 14.3 Å². The van der Waals surface area contributed by atoms with Crippen LogP contribution in [0.5, 0.6) is 0 Å². The first-order valence-electron chi connectivity index (χ1n) is 27.7. The summed E-state index contributed by atoms with van der Waals surface area (Å²) in [7, 11) is 0. The number of ether oxygens (including phenoxy) is 1. The first-order valence-corrected chi connectivity index (χ1v) is 27.7. The van der Waals surface area contributed by atoms with Crippen molar-refractivity contribution in [2.45, 2.75) is 283 Å². The van der Waals surface area contributed by atoms with Gasteiger partial charge in [-0.1, -0.05) is 229 Å². The molecular weight excluding hydrogens is 803 g/mol. The number of esters is 1. The van der Waals surface area contributed by atoms with Gasteiger partial charge in [0, 0.05) is 6.42 Å². The summed E-state index contributed by atoms with van der Waals surface area (Å²) in [5.41, 5.74) is 0. The van der Waals surface area contributed by atoms with E-state index in [0.29, 0.717) is 19.3 Å². The average Bonchev–Trinajstić information content (AvgIpc) is 3.30. The molecule has 0 bridgehead atoms. The quantitative estimate of drug-likeness (QED) is 0.0321. The minimum absolute atomic E-state index is 0.0517. The summed E-state index contributed by atoms with van der Waals surface area (Å²) < 4.78 is 5.93. The van der Waals surface area contributed by atoms with Gasteiger partial charge in [-0.05, 0) is 96.3 Å². The third kappa shape index (κ3) is 47.6. The number of amides is 1. The van der Waals surface area contributed by atoms with Gasteiger partial charge in [-0.2, -0.15) is 0 Å². The van der Waals surface area contributed by atoms with E-state index in [0.717, 1.165) is 109 Å². The number of carbonyl (C=O) groups excluding carboxylic acids is 2. The predicted molar refractivity (Wildman–Crippen MR) is 282 cm³/mol. The van der Waals surface area contributed by atoms with Crippen molar-refractivity contribution in [3.8, 4) is 0 Å². The fourth-order valence-electron chi connectivity index (χ4n) is 8.10. The van der Waals surface area contributed by atoms with Crippen LogP contribution < -0.4 is 5.32 Å². The van der Waals surface area contributed by atoms with Crippen molar-refractivity contribution in [2.75, 3.05) is 6.61 Å².